The Bertz CT molecular complexity index is 1510. The quantitative estimate of drug-likeness (QED) is 0.242. The van der Waals surface area contributed by atoms with Gasteiger partial charge in [-0.05, 0) is 86.9 Å². The topological polar surface area (TPSA) is 25.8 Å². The average molecular weight is 497 g/mol. The van der Waals surface area contributed by atoms with E-state index in [1.165, 1.54) is 63.8 Å². The van der Waals surface area contributed by atoms with Crippen molar-refractivity contribution in [2.45, 2.75) is 54.9 Å². The molecule has 0 spiro atoms. The van der Waals surface area contributed by atoms with Crippen molar-refractivity contribution < 1.29 is 0 Å². The van der Waals surface area contributed by atoms with E-state index in [1.807, 2.05) is 22.7 Å². The Morgan fingerprint density at radius 2 is 1.31 bits per heavy atom. The van der Waals surface area contributed by atoms with Crippen LogP contribution < -0.4 is 0 Å². The summed E-state index contributed by atoms with van der Waals surface area (Å²) in [5.74, 6) is 0.672. The Morgan fingerprint density at radius 3 is 1.97 bits per heavy atom. The molecular weight excluding hydrogens is 464 g/mol. The van der Waals surface area contributed by atoms with E-state index in [-0.39, 0.29) is 0 Å². The molecule has 2 nitrogen and oxygen atoms in total. The number of aromatic nitrogens is 2. The minimum atomic E-state index is 0.672. The average Bonchev–Trinajstić information content (AvgIpc) is 3.29. The molecule has 0 saturated carbocycles. The normalized spacial score (nSPS) is 11.7. The van der Waals surface area contributed by atoms with Crippen LogP contribution in [0.25, 0.3) is 41.7 Å². The van der Waals surface area contributed by atoms with Crippen molar-refractivity contribution in [2.24, 2.45) is 5.92 Å². The van der Waals surface area contributed by atoms with E-state index >= 15 is 0 Å². The smallest absolute Gasteiger partial charge is 0.116 e. The monoisotopic (exact) mass is 496 g/mol. The van der Waals surface area contributed by atoms with Crippen molar-refractivity contribution in [1.82, 2.24) is 9.97 Å². The number of hydrogen-bond acceptors (Lipinski definition) is 4. The summed E-state index contributed by atoms with van der Waals surface area (Å²) in [4.78, 5) is 13.5. The number of rotatable bonds is 5. The van der Waals surface area contributed by atoms with E-state index in [4.69, 9.17) is 9.97 Å². The molecule has 0 amide bonds. The molecule has 3 heterocycles. The zero-order valence-electron chi connectivity index (χ0n) is 21.6. The van der Waals surface area contributed by atoms with Gasteiger partial charge in [0.25, 0.3) is 0 Å². The van der Waals surface area contributed by atoms with Crippen LogP contribution in [0.5, 0.6) is 0 Å². The minimum Gasteiger partial charge on any atom is -0.235 e. The van der Waals surface area contributed by atoms with Crippen LogP contribution in [0.15, 0.2) is 48.8 Å². The van der Waals surface area contributed by atoms with E-state index in [0.717, 1.165) is 17.6 Å². The highest BCUT2D eigenvalue weighted by molar-refractivity contribution is 7.27. The molecule has 5 rings (SSSR count). The summed E-state index contributed by atoms with van der Waals surface area (Å²) in [5, 5.41) is 0. The van der Waals surface area contributed by atoms with Crippen molar-refractivity contribution in [3.8, 4) is 31.5 Å². The predicted molar refractivity (Wildman–Crippen MR) is 154 cm³/mol. The number of aryl methyl sites for hydroxylation is 3. The van der Waals surface area contributed by atoms with Crippen LogP contribution >= 0.6 is 22.7 Å². The molecule has 0 unspecified atom stereocenters. The molecule has 0 fully saturated rings. The molecule has 5 aromatic rings. The van der Waals surface area contributed by atoms with E-state index in [9.17, 15) is 0 Å². The molecule has 0 saturated heterocycles. The maximum absolute atomic E-state index is 4.73. The van der Waals surface area contributed by atoms with Gasteiger partial charge < -0.3 is 0 Å². The number of fused-ring (bicyclic) bond motifs is 1. The molecule has 3 aromatic heterocycles. The molecule has 2 aromatic carbocycles. The lowest BCUT2D eigenvalue weighted by Crippen LogP contribution is -1.93. The summed E-state index contributed by atoms with van der Waals surface area (Å²) in [6.07, 6.45) is 2.84. The molecule has 0 aliphatic rings. The van der Waals surface area contributed by atoms with Crippen LogP contribution in [0.3, 0.4) is 0 Å². The van der Waals surface area contributed by atoms with Gasteiger partial charge in [-0.3, -0.25) is 0 Å². The molecule has 0 aliphatic carbocycles. The van der Waals surface area contributed by atoms with Crippen LogP contribution in [-0.4, -0.2) is 9.97 Å². The lowest BCUT2D eigenvalue weighted by molar-refractivity contribution is 0.647. The van der Waals surface area contributed by atoms with Crippen LogP contribution in [0.4, 0.5) is 0 Å². The van der Waals surface area contributed by atoms with Crippen LogP contribution in [0, 0.1) is 40.5 Å². The lowest BCUT2D eigenvalue weighted by Gasteiger charge is -2.06. The van der Waals surface area contributed by atoms with E-state index in [1.54, 1.807) is 6.33 Å². The van der Waals surface area contributed by atoms with Crippen LogP contribution in [0.2, 0.25) is 0 Å². The fourth-order valence-electron chi connectivity index (χ4n) is 4.91. The molecule has 0 bridgehead atoms. The first-order valence-corrected chi connectivity index (χ1v) is 13.9. The standard InChI is InChI=1S/C31H32N2S2/c1-17(2)12-23-8-10-24(11-9-23)28-20(5)21(6)29(34-28)30-22(7)26-31(35-30)27(33-16-32-26)25-14-18(3)13-19(4)15-25/h8-11,13-17H,12H2,1-7H3. The number of hydrogen-bond donors (Lipinski definition) is 0. The van der Waals surface area contributed by atoms with Gasteiger partial charge in [0.05, 0.1) is 20.8 Å². The lowest BCUT2D eigenvalue weighted by atomic mass is 10.00. The molecular formula is C31H32N2S2. The third kappa shape index (κ3) is 4.46. The maximum atomic E-state index is 4.73. The SMILES string of the molecule is Cc1cc(C)cc(-c2ncnc3c(C)c(-c4sc(-c5ccc(CC(C)C)cc5)c(C)c4C)sc23)c1. The molecule has 0 aliphatic heterocycles. The summed E-state index contributed by atoms with van der Waals surface area (Å²) < 4.78 is 1.18. The fourth-order valence-corrected chi connectivity index (χ4v) is 7.74. The van der Waals surface area contributed by atoms with Gasteiger partial charge in [-0.2, -0.15) is 0 Å². The highest BCUT2D eigenvalue weighted by Gasteiger charge is 2.21. The van der Waals surface area contributed by atoms with Crippen molar-refractivity contribution >= 4 is 32.9 Å². The second-order valence-electron chi connectivity index (χ2n) is 10.1. The molecule has 0 N–H and O–H groups in total. The Balaban J connectivity index is 1.62. The highest BCUT2D eigenvalue weighted by atomic mass is 32.1. The number of nitrogens with zero attached hydrogens (tertiary/aromatic N) is 2. The predicted octanol–water partition coefficient (Wildman–Crippen LogP) is 9.49. The van der Waals surface area contributed by atoms with Crippen molar-refractivity contribution in [1.29, 1.82) is 0 Å². The maximum Gasteiger partial charge on any atom is 0.116 e. The Labute approximate surface area is 216 Å². The Kier molecular flexibility index (Phi) is 6.37. The van der Waals surface area contributed by atoms with E-state index in [0.29, 0.717) is 5.92 Å². The van der Waals surface area contributed by atoms with Gasteiger partial charge in [-0.1, -0.05) is 55.3 Å². The summed E-state index contributed by atoms with van der Waals surface area (Å²) >= 11 is 3.75. The van der Waals surface area contributed by atoms with Gasteiger partial charge in [0, 0.05) is 15.3 Å². The van der Waals surface area contributed by atoms with Crippen LogP contribution in [-0.2, 0) is 6.42 Å². The summed E-state index contributed by atoms with van der Waals surface area (Å²) in [7, 11) is 0. The minimum absolute atomic E-state index is 0.672. The van der Waals surface area contributed by atoms with Gasteiger partial charge in [0.2, 0.25) is 0 Å². The Morgan fingerprint density at radius 1 is 0.686 bits per heavy atom. The number of benzene rings is 2. The van der Waals surface area contributed by atoms with E-state index < -0.39 is 0 Å². The first-order valence-electron chi connectivity index (χ1n) is 12.3. The van der Waals surface area contributed by atoms with Gasteiger partial charge in [0.15, 0.2) is 0 Å². The zero-order valence-corrected chi connectivity index (χ0v) is 23.2. The van der Waals surface area contributed by atoms with Gasteiger partial charge in [-0.25, -0.2) is 9.97 Å². The largest absolute Gasteiger partial charge is 0.235 e. The van der Waals surface area contributed by atoms with E-state index in [2.05, 4.69) is 90.9 Å². The van der Waals surface area contributed by atoms with Gasteiger partial charge >= 0.3 is 0 Å². The highest BCUT2D eigenvalue weighted by Crippen LogP contribution is 2.48. The summed E-state index contributed by atoms with van der Waals surface area (Å²) in [6, 6.07) is 15.8. The summed E-state index contributed by atoms with van der Waals surface area (Å²) in [6.45, 7) is 15.6. The summed E-state index contributed by atoms with van der Waals surface area (Å²) in [5.41, 5.74) is 12.5. The molecule has 35 heavy (non-hydrogen) atoms. The third-order valence-electron chi connectivity index (χ3n) is 6.71. The fraction of sp³-hybridized carbons (Fsp3) is 0.290. The molecule has 0 radical (unpaired) electrons. The zero-order chi connectivity index (χ0) is 24.9. The molecule has 0 atom stereocenters. The van der Waals surface area contributed by atoms with Gasteiger partial charge in [-0.15, -0.1) is 22.7 Å². The second-order valence-corrected chi connectivity index (χ2v) is 12.2. The van der Waals surface area contributed by atoms with Gasteiger partial charge in [0.1, 0.15) is 6.33 Å². The first kappa shape index (κ1) is 23.9. The van der Waals surface area contributed by atoms with Crippen molar-refractivity contribution in [3.05, 3.63) is 82.2 Å². The van der Waals surface area contributed by atoms with Crippen LogP contribution in [0.1, 0.15) is 47.2 Å². The Hall–Kier alpha value is -2.82. The second kappa shape index (κ2) is 9.33. The van der Waals surface area contributed by atoms with Crippen molar-refractivity contribution in [2.75, 3.05) is 0 Å². The number of thiophene rings is 2. The first-order chi connectivity index (χ1) is 16.7. The van der Waals surface area contributed by atoms with Crippen molar-refractivity contribution in [3.63, 3.8) is 0 Å². The third-order valence-corrected chi connectivity index (χ3v) is 9.61. The molecule has 178 valence electrons. The molecule has 4 heteroatoms.